The van der Waals surface area contributed by atoms with E-state index in [1.165, 1.54) is 24.2 Å². The van der Waals surface area contributed by atoms with Crippen molar-refractivity contribution in [3.05, 3.63) is 4.88 Å². The second kappa shape index (κ2) is 5.85. The van der Waals surface area contributed by atoms with E-state index in [1.807, 2.05) is 0 Å². The Morgan fingerprint density at radius 1 is 1.48 bits per heavy atom. The summed E-state index contributed by atoms with van der Waals surface area (Å²) in [6.07, 6.45) is 4.45. The van der Waals surface area contributed by atoms with Gasteiger partial charge in [0.15, 0.2) is 11.5 Å². The Morgan fingerprint density at radius 2 is 2.24 bits per heavy atom. The lowest BCUT2D eigenvalue weighted by atomic mass is 10.2. The first kappa shape index (κ1) is 14.7. The lowest BCUT2D eigenvalue weighted by molar-refractivity contribution is 0.0972. The molecule has 0 amide bonds. The van der Waals surface area contributed by atoms with E-state index in [9.17, 15) is 4.79 Å². The van der Waals surface area contributed by atoms with Gasteiger partial charge in [0.05, 0.1) is 17.7 Å². The monoisotopic (exact) mass is 309 g/mol. The average molecular weight is 309 g/mol. The van der Waals surface area contributed by atoms with Crippen molar-refractivity contribution in [3.63, 3.8) is 0 Å². The molecule has 1 atom stereocenters. The van der Waals surface area contributed by atoms with Crippen LogP contribution < -0.4 is 15.8 Å². The van der Waals surface area contributed by atoms with Gasteiger partial charge < -0.3 is 20.7 Å². The van der Waals surface area contributed by atoms with Gasteiger partial charge in [0.2, 0.25) is 0 Å². The quantitative estimate of drug-likeness (QED) is 0.790. The zero-order valence-electron chi connectivity index (χ0n) is 12.6. The van der Waals surface area contributed by atoms with Crippen LogP contribution in [0.3, 0.4) is 0 Å². The number of methoxy groups -OCH3 is 1. The highest BCUT2D eigenvalue weighted by atomic mass is 32.1. The molecular formula is C15H23N3O2S. The highest BCUT2D eigenvalue weighted by molar-refractivity contribution is 7.19. The Labute approximate surface area is 129 Å². The maximum Gasteiger partial charge on any atom is 0.178 e. The molecule has 2 aliphatic rings. The molecule has 1 unspecified atom stereocenters. The number of likely N-dealkylation sites (N-methyl/N-ethyl adjacent to an activating group) is 1. The van der Waals surface area contributed by atoms with E-state index in [1.54, 1.807) is 7.11 Å². The van der Waals surface area contributed by atoms with E-state index in [-0.39, 0.29) is 11.7 Å². The van der Waals surface area contributed by atoms with Gasteiger partial charge >= 0.3 is 0 Å². The van der Waals surface area contributed by atoms with Crippen LogP contribution in [0.4, 0.5) is 10.7 Å². The number of nitrogen functional groups attached to an aromatic ring is 1. The number of nitrogens with two attached hydrogens (primary N) is 1. The van der Waals surface area contributed by atoms with Gasteiger partial charge in [-0.05, 0) is 39.3 Å². The van der Waals surface area contributed by atoms with E-state index < -0.39 is 0 Å². The Bertz CT molecular complexity index is 539. The second-order valence-electron chi connectivity index (χ2n) is 6.00. The first-order valence-corrected chi connectivity index (χ1v) is 8.38. The topological polar surface area (TPSA) is 67.6 Å². The van der Waals surface area contributed by atoms with Crippen molar-refractivity contribution in [3.8, 4) is 5.75 Å². The molecule has 2 fully saturated rings. The molecule has 5 nitrogen and oxygen atoms in total. The number of rotatable bonds is 6. The fourth-order valence-electron chi connectivity index (χ4n) is 2.91. The maximum atomic E-state index is 12.3. The SMILES string of the molecule is COc1c(NCC2CCCN2C)sc(C(=O)C2CC2)c1N. The first-order valence-electron chi connectivity index (χ1n) is 7.56. The van der Waals surface area contributed by atoms with Crippen LogP contribution in [-0.2, 0) is 0 Å². The van der Waals surface area contributed by atoms with Crippen LogP contribution in [0, 0.1) is 5.92 Å². The maximum absolute atomic E-state index is 12.3. The molecule has 2 heterocycles. The molecular weight excluding hydrogens is 286 g/mol. The lowest BCUT2D eigenvalue weighted by Gasteiger charge is -2.20. The summed E-state index contributed by atoms with van der Waals surface area (Å²) >= 11 is 1.44. The standard InChI is InChI=1S/C15H23N3O2S/c1-18-7-3-4-10(18)8-17-15-13(20-2)11(16)14(21-15)12(19)9-5-6-9/h9-10,17H,3-8,16H2,1-2H3. The molecule has 1 saturated carbocycles. The zero-order chi connectivity index (χ0) is 15.0. The first-order chi connectivity index (χ1) is 10.1. The van der Waals surface area contributed by atoms with Crippen molar-refractivity contribution in [1.29, 1.82) is 0 Å². The third kappa shape index (κ3) is 2.87. The largest absolute Gasteiger partial charge is 0.492 e. The van der Waals surface area contributed by atoms with E-state index in [0.29, 0.717) is 22.4 Å². The average Bonchev–Trinajstić information content (AvgIpc) is 3.17. The van der Waals surface area contributed by atoms with Crippen molar-refractivity contribution in [2.75, 3.05) is 38.3 Å². The molecule has 6 heteroatoms. The van der Waals surface area contributed by atoms with Gasteiger partial charge in [-0.25, -0.2) is 0 Å². The van der Waals surface area contributed by atoms with Crippen molar-refractivity contribution in [2.24, 2.45) is 5.92 Å². The molecule has 0 aromatic carbocycles. The Balaban J connectivity index is 1.74. The third-order valence-corrected chi connectivity index (χ3v) is 5.60. The second-order valence-corrected chi connectivity index (χ2v) is 7.02. The molecule has 1 aromatic heterocycles. The lowest BCUT2D eigenvalue weighted by Crippen LogP contribution is -2.31. The fourth-order valence-corrected chi connectivity index (χ4v) is 4.02. The van der Waals surface area contributed by atoms with Crippen LogP contribution in [-0.4, -0.2) is 44.0 Å². The molecule has 0 bridgehead atoms. The van der Waals surface area contributed by atoms with Crippen molar-refractivity contribution >= 4 is 27.8 Å². The summed E-state index contributed by atoms with van der Waals surface area (Å²) in [6, 6.07) is 0.542. The number of ether oxygens (including phenoxy) is 1. The van der Waals surface area contributed by atoms with Crippen LogP contribution in [0.2, 0.25) is 0 Å². The molecule has 3 N–H and O–H groups in total. The number of nitrogens with zero attached hydrogens (tertiary/aromatic N) is 1. The summed E-state index contributed by atoms with van der Waals surface area (Å²) in [5.74, 6) is 0.996. The summed E-state index contributed by atoms with van der Waals surface area (Å²) in [6.45, 7) is 2.02. The predicted molar refractivity (Wildman–Crippen MR) is 86.5 cm³/mol. The Kier molecular flexibility index (Phi) is 4.08. The van der Waals surface area contributed by atoms with Gasteiger partial charge in [-0.2, -0.15) is 0 Å². The van der Waals surface area contributed by atoms with Crippen LogP contribution in [0.5, 0.6) is 5.75 Å². The molecule has 1 aromatic rings. The minimum Gasteiger partial charge on any atom is -0.492 e. The zero-order valence-corrected chi connectivity index (χ0v) is 13.5. The van der Waals surface area contributed by atoms with E-state index >= 15 is 0 Å². The number of Topliss-reactive ketones (excluding diaryl/α,β-unsaturated/α-hetero) is 1. The summed E-state index contributed by atoms with van der Waals surface area (Å²) in [5.41, 5.74) is 6.61. The van der Waals surface area contributed by atoms with Gasteiger partial charge in [0.25, 0.3) is 0 Å². The van der Waals surface area contributed by atoms with Crippen LogP contribution >= 0.6 is 11.3 Å². The molecule has 21 heavy (non-hydrogen) atoms. The smallest absolute Gasteiger partial charge is 0.178 e. The number of carbonyl (C=O) groups excluding carboxylic acids is 1. The molecule has 1 aliphatic carbocycles. The number of anilines is 2. The molecule has 3 rings (SSSR count). The highest BCUT2D eigenvalue weighted by Crippen LogP contribution is 2.46. The molecule has 0 radical (unpaired) electrons. The number of thiophene rings is 1. The summed E-state index contributed by atoms with van der Waals surface area (Å²) in [4.78, 5) is 15.3. The van der Waals surface area contributed by atoms with Gasteiger partial charge in [-0.3, -0.25) is 4.79 Å². The van der Waals surface area contributed by atoms with Crippen LogP contribution in [0.15, 0.2) is 0 Å². The number of carbonyl (C=O) groups is 1. The van der Waals surface area contributed by atoms with Crippen molar-refractivity contribution in [1.82, 2.24) is 4.90 Å². The van der Waals surface area contributed by atoms with E-state index in [4.69, 9.17) is 10.5 Å². The van der Waals surface area contributed by atoms with E-state index in [0.717, 1.165) is 30.9 Å². The van der Waals surface area contributed by atoms with Gasteiger partial charge in [-0.1, -0.05) is 0 Å². The third-order valence-electron chi connectivity index (χ3n) is 4.45. The number of ketones is 1. The molecule has 116 valence electrons. The number of likely N-dealkylation sites (tertiary alicyclic amines) is 1. The number of nitrogens with one attached hydrogen (secondary N) is 1. The Hall–Kier alpha value is -1.27. The van der Waals surface area contributed by atoms with Crippen molar-refractivity contribution < 1.29 is 9.53 Å². The fraction of sp³-hybridized carbons (Fsp3) is 0.667. The number of hydrogen-bond donors (Lipinski definition) is 2. The predicted octanol–water partition coefficient (Wildman–Crippen LogP) is 2.44. The molecule has 1 saturated heterocycles. The van der Waals surface area contributed by atoms with Crippen molar-refractivity contribution in [2.45, 2.75) is 31.7 Å². The number of hydrogen-bond acceptors (Lipinski definition) is 6. The normalized spacial score (nSPS) is 22.5. The van der Waals surface area contributed by atoms with Gasteiger partial charge in [0, 0.05) is 18.5 Å². The van der Waals surface area contributed by atoms with Gasteiger partial charge in [-0.15, -0.1) is 11.3 Å². The minimum absolute atomic E-state index is 0.182. The van der Waals surface area contributed by atoms with Crippen LogP contribution in [0.1, 0.15) is 35.4 Å². The molecule has 1 aliphatic heterocycles. The van der Waals surface area contributed by atoms with Gasteiger partial charge in [0.1, 0.15) is 5.00 Å². The van der Waals surface area contributed by atoms with Crippen LogP contribution in [0.25, 0.3) is 0 Å². The highest BCUT2D eigenvalue weighted by Gasteiger charge is 2.34. The molecule has 0 spiro atoms. The summed E-state index contributed by atoms with van der Waals surface area (Å²) in [7, 11) is 3.76. The Morgan fingerprint density at radius 3 is 2.81 bits per heavy atom. The summed E-state index contributed by atoms with van der Waals surface area (Å²) in [5, 5.41) is 4.32. The summed E-state index contributed by atoms with van der Waals surface area (Å²) < 4.78 is 5.41. The minimum atomic E-state index is 0.182. The van der Waals surface area contributed by atoms with E-state index in [2.05, 4.69) is 17.3 Å².